The Bertz CT molecular complexity index is 540. The van der Waals surface area contributed by atoms with Crippen molar-refractivity contribution in [3.05, 3.63) is 28.4 Å². The molecule has 0 saturated carbocycles. The van der Waals surface area contributed by atoms with E-state index in [1.54, 1.807) is 7.11 Å². The molecule has 1 N–H and O–H groups in total. The van der Waals surface area contributed by atoms with Crippen LogP contribution in [0.4, 0.5) is 5.69 Å². The molecule has 16 heavy (non-hydrogen) atoms. The normalized spacial score (nSPS) is 10.5. The van der Waals surface area contributed by atoms with Crippen LogP contribution in [-0.2, 0) is 0 Å². The molecule has 1 heterocycles. The minimum Gasteiger partial charge on any atom is -0.494 e. The van der Waals surface area contributed by atoms with Crippen LogP contribution < -0.4 is 10.1 Å². The number of hydrogen-bond acceptors (Lipinski definition) is 3. The Hall–Kier alpha value is -1.29. The first-order valence-corrected chi connectivity index (χ1v) is 5.78. The number of methoxy groups -OCH3 is 1. The van der Waals surface area contributed by atoms with Crippen molar-refractivity contribution in [1.29, 1.82) is 0 Å². The quantitative estimate of drug-likeness (QED) is 0.916. The Kier molecular flexibility index (Phi) is 3.01. The maximum absolute atomic E-state index is 5.33. The summed E-state index contributed by atoms with van der Waals surface area (Å²) in [7, 11) is 3.56. The minimum absolute atomic E-state index is 0.790. The number of rotatable bonds is 2. The molecule has 3 nitrogen and oxygen atoms in total. The van der Waals surface area contributed by atoms with Gasteiger partial charge in [-0.1, -0.05) is 15.9 Å². The Balaban J connectivity index is 2.91. The lowest BCUT2D eigenvalue weighted by Gasteiger charge is -2.11. The van der Waals surface area contributed by atoms with Gasteiger partial charge >= 0.3 is 0 Å². The van der Waals surface area contributed by atoms with E-state index in [2.05, 4.69) is 26.2 Å². The van der Waals surface area contributed by atoms with Gasteiger partial charge in [0.2, 0.25) is 0 Å². The number of fused-ring (bicyclic) bond motifs is 1. The SMILES string of the molecule is CNc1cc(C)nc2c(OC)ccc(Br)c12. The van der Waals surface area contributed by atoms with Gasteiger partial charge in [-0.2, -0.15) is 0 Å². The third kappa shape index (κ3) is 1.73. The second-order valence-corrected chi connectivity index (χ2v) is 4.39. The maximum Gasteiger partial charge on any atom is 0.145 e. The van der Waals surface area contributed by atoms with E-state index in [0.29, 0.717) is 0 Å². The third-order valence-corrected chi connectivity index (χ3v) is 3.15. The number of benzene rings is 1. The number of halogens is 1. The molecule has 0 amide bonds. The number of nitrogens with one attached hydrogen (secondary N) is 1. The summed E-state index contributed by atoms with van der Waals surface area (Å²) in [6.45, 7) is 1.97. The van der Waals surface area contributed by atoms with Crippen molar-refractivity contribution in [2.45, 2.75) is 6.92 Å². The summed E-state index contributed by atoms with van der Waals surface area (Å²) < 4.78 is 6.34. The maximum atomic E-state index is 5.33. The molecule has 0 unspecified atom stereocenters. The summed E-state index contributed by atoms with van der Waals surface area (Å²) >= 11 is 3.54. The minimum atomic E-state index is 0.790. The van der Waals surface area contributed by atoms with Crippen molar-refractivity contribution in [3.8, 4) is 5.75 Å². The van der Waals surface area contributed by atoms with E-state index in [1.807, 2.05) is 32.2 Å². The van der Waals surface area contributed by atoms with Gasteiger partial charge in [-0.25, -0.2) is 4.98 Å². The monoisotopic (exact) mass is 280 g/mol. The average molecular weight is 281 g/mol. The summed E-state index contributed by atoms with van der Waals surface area (Å²) in [5.41, 5.74) is 2.89. The van der Waals surface area contributed by atoms with Crippen molar-refractivity contribution in [2.75, 3.05) is 19.5 Å². The molecule has 0 bridgehead atoms. The van der Waals surface area contributed by atoms with Crippen molar-refractivity contribution in [2.24, 2.45) is 0 Å². The van der Waals surface area contributed by atoms with E-state index in [0.717, 1.165) is 32.5 Å². The van der Waals surface area contributed by atoms with Crippen molar-refractivity contribution < 1.29 is 4.74 Å². The van der Waals surface area contributed by atoms with Crippen LogP contribution in [0, 0.1) is 6.92 Å². The van der Waals surface area contributed by atoms with E-state index in [4.69, 9.17) is 4.74 Å². The van der Waals surface area contributed by atoms with Gasteiger partial charge in [0.1, 0.15) is 11.3 Å². The summed E-state index contributed by atoms with van der Waals surface area (Å²) in [4.78, 5) is 4.52. The molecule has 0 spiro atoms. The van der Waals surface area contributed by atoms with Crippen LogP contribution >= 0.6 is 15.9 Å². The van der Waals surface area contributed by atoms with Gasteiger partial charge in [-0.05, 0) is 25.1 Å². The summed E-state index contributed by atoms with van der Waals surface area (Å²) in [6, 6.07) is 5.91. The molecule has 0 fully saturated rings. The van der Waals surface area contributed by atoms with Crippen LogP contribution in [-0.4, -0.2) is 19.1 Å². The molecule has 1 aromatic carbocycles. The molecular weight excluding hydrogens is 268 g/mol. The zero-order valence-corrected chi connectivity index (χ0v) is 11.1. The highest BCUT2D eigenvalue weighted by atomic mass is 79.9. The average Bonchev–Trinajstić information content (AvgIpc) is 2.28. The van der Waals surface area contributed by atoms with Crippen LogP contribution in [0.3, 0.4) is 0 Å². The lowest BCUT2D eigenvalue weighted by molar-refractivity contribution is 0.419. The highest BCUT2D eigenvalue weighted by molar-refractivity contribution is 9.10. The van der Waals surface area contributed by atoms with Gasteiger partial charge in [0.25, 0.3) is 0 Å². The van der Waals surface area contributed by atoms with E-state index < -0.39 is 0 Å². The molecule has 0 radical (unpaired) electrons. The molecule has 2 rings (SSSR count). The summed E-state index contributed by atoms with van der Waals surface area (Å²) in [5, 5.41) is 4.23. The van der Waals surface area contributed by atoms with Crippen LogP contribution in [0.5, 0.6) is 5.75 Å². The Morgan fingerprint density at radius 1 is 1.38 bits per heavy atom. The van der Waals surface area contributed by atoms with Gasteiger partial charge in [-0.3, -0.25) is 0 Å². The van der Waals surface area contributed by atoms with Crippen molar-refractivity contribution in [3.63, 3.8) is 0 Å². The molecule has 2 aromatic rings. The molecule has 4 heteroatoms. The van der Waals surface area contributed by atoms with Gasteiger partial charge in [0, 0.05) is 28.3 Å². The number of anilines is 1. The van der Waals surface area contributed by atoms with Gasteiger partial charge < -0.3 is 10.1 Å². The van der Waals surface area contributed by atoms with E-state index in [9.17, 15) is 0 Å². The Morgan fingerprint density at radius 2 is 2.12 bits per heavy atom. The third-order valence-electron chi connectivity index (χ3n) is 2.49. The number of hydrogen-bond donors (Lipinski definition) is 1. The number of aryl methyl sites for hydroxylation is 1. The smallest absolute Gasteiger partial charge is 0.145 e. The highest BCUT2D eigenvalue weighted by Crippen LogP contribution is 2.35. The predicted octanol–water partition coefficient (Wildman–Crippen LogP) is 3.36. The first-order chi connectivity index (χ1) is 7.67. The molecule has 0 saturated heterocycles. The number of nitrogens with zero attached hydrogens (tertiary/aromatic N) is 1. The fraction of sp³-hybridized carbons (Fsp3) is 0.250. The molecule has 0 atom stereocenters. The molecule has 0 aliphatic heterocycles. The zero-order valence-electron chi connectivity index (χ0n) is 9.47. The molecule has 0 aliphatic rings. The van der Waals surface area contributed by atoms with Crippen LogP contribution in [0.25, 0.3) is 10.9 Å². The zero-order chi connectivity index (χ0) is 11.7. The largest absolute Gasteiger partial charge is 0.494 e. The van der Waals surface area contributed by atoms with Gasteiger partial charge in [0.15, 0.2) is 0 Å². The number of pyridine rings is 1. The molecule has 84 valence electrons. The van der Waals surface area contributed by atoms with Gasteiger partial charge in [-0.15, -0.1) is 0 Å². The summed E-state index contributed by atoms with van der Waals surface area (Å²) in [5.74, 6) is 0.790. The standard InChI is InChI=1S/C12H13BrN2O/c1-7-6-9(14-2)11-8(13)4-5-10(16-3)12(11)15-7/h4-6H,1-3H3,(H,14,15). The van der Waals surface area contributed by atoms with Crippen LogP contribution in [0.1, 0.15) is 5.69 Å². The lowest BCUT2D eigenvalue weighted by atomic mass is 10.1. The fourth-order valence-corrected chi connectivity index (χ4v) is 2.30. The first-order valence-electron chi connectivity index (χ1n) is 4.99. The molecular formula is C12H13BrN2O. The second kappa shape index (κ2) is 4.29. The summed E-state index contributed by atoms with van der Waals surface area (Å²) in [6.07, 6.45) is 0. The molecule has 0 aliphatic carbocycles. The van der Waals surface area contributed by atoms with Crippen molar-refractivity contribution in [1.82, 2.24) is 4.98 Å². The molecule has 1 aromatic heterocycles. The Morgan fingerprint density at radius 3 is 2.75 bits per heavy atom. The second-order valence-electron chi connectivity index (χ2n) is 3.53. The van der Waals surface area contributed by atoms with Crippen LogP contribution in [0.2, 0.25) is 0 Å². The number of aromatic nitrogens is 1. The number of ether oxygens (including phenoxy) is 1. The van der Waals surface area contributed by atoms with Crippen LogP contribution in [0.15, 0.2) is 22.7 Å². The lowest BCUT2D eigenvalue weighted by Crippen LogP contribution is -1.96. The van der Waals surface area contributed by atoms with E-state index in [1.165, 1.54) is 0 Å². The van der Waals surface area contributed by atoms with E-state index >= 15 is 0 Å². The highest BCUT2D eigenvalue weighted by Gasteiger charge is 2.10. The van der Waals surface area contributed by atoms with Gasteiger partial charge in [0.05, 0.1) is 7.11 Å². The van der Waals surface area contributed by atoms with Crippen molar-refractivity contribution >= 4 is 32.5 Å². The topological polar surface area (TPSA) is 34.2 Å². The first kappa shape index (κ1) is 11.2. The van der Waals surface area contributed by atoms with E-state index in [-0.39, 0.29) is 0 Å². The fourth-order valence-electron chi connectivity index (χ4n) is 1.77. The Labute approximate surface area is 103 Å². The predicted molar refractivity (Wildman–Crippen MR) is 70.3 cm³/mol.